The molecular weight excluding hydrogens is 258 g/mol. The first-order chi connectivity index (χ1) is 7.09. The lowest BCUT2D eigenvalue weighted by Crippen LogP contribution is -2.97. The summed E-state index contributed by atoms with van der Waals surface area (Å²) in [6, 6.07) is 8.01. The molecule has 84 valence electrons. The molecule has 3 nitrogen and oxygen atoms in total. The molecule has 15 heavy (non-hydrogen) atoms. The molecule has 4 N–H and O–H groups in total. The Balaban J connectivity index is 2.56. The van der Waals surface area contributed by atoms with Gasteiger partial charge in [-0.15, -0.1) is 0 Å². The van der Waals surface area contributed by atoms with Crippen LogP contribution in [0.25, 0.3) is 0 Å². The third-order valence-electron chi connectivity index (χ3n) is 2.44. The number of rotatable bonds is 5. The average molecular weight is 275 g/mol. The predicted octanol–water partition coefficient (Wildman–Crippen LogP) is 0.256. The third-order valence-corrected chi connectivity index (χ3v) is 2.94. The Morgan fingerprint density at radius 3 is 2.53 bits per heavy atom. The second kappa shape index (κ2) is 5.61. The van der Waals surface area contributed by atoms with E-state index in [2.05, 4.69) is 15.9 Å². The molecule has 0 spiro atoms. The van der Waals surface area contributed by atoms with Gasteiger partial charge in [0.15, 0.2) is 0 Å². The molecule has 0 aromatic heterocycles. The van der Waals surface area contributed by atoms with Crippen LogP contribution in [0, 0.1) is 0 Å². The number of benzene rings is 1. The normalized spacial score (nSPS) is 11.7. The predicted molar refractivity (Wildman–Crippen MR) is 62.3 cm³/mol. The molecule has 4 heteroatoms. The van der Waals surface area contributed by atoms with Gasteiger partial charge < -0.3 is 15.5 Å². The van der Waals surface area contributed by atoms with Gasteiger partial charge in [0, 0.05) is 10.0 Å². The number of aliphatic hydroxyl groups excluding tert-OH is 2. The molecule has 0 bridgehead atoms. The number of quaternary nitrogens is 1. The zero-order valence-electron chi connectivity index (χ0n) is 8.78. The topological polar surface area (TPSA) is 57.1 Å². The van der Waals surface area contributed by atoms with E-state index in [0.717, 1.165) is 16.6 Å². The Morgan fingerprint density at radius 1 is 1.33 bits per heavy atom. The van der Waals surface area contributed by atoms with Crippen molar-refractivity contribution in [2.75, 3.05) is 13.2 Å². The van der Waals surface area contributed by atoms with Gasteiger partial charge in [0.2, 0.25) is 0 Å². The lowest BCUT2D eigenvalue weighted by molar-refractivity contribution is -0.741. The van der Waals surface area contributed by atoms with E-state index < -0.39 is 5.54 Å². The highest BCUT2D eigenvalue weighted by Gasteiger charge is 2.25. The van der Waals surface area contributed by atoms with Crippen molar-refractivity contribution in [2.24, 2.45) is 0 Å². The number of hydrogen-bond donors (Lipinski definition) is 3. The first-order valence-electron chi connectivity index (χ1n) is 4.90. The molecule has 0 fully saturated rings. The van der Waals surface area contributed by atoms with Crippen molar-refractivity contribution < 1.29 is 15.5 Å². The van der Waals surface area contributed by atoms with E-state index >= 15 is 0 Å². The summed E-state index contributed by atoms with van der Waals surface area (Å²) in [5.41, 5.74) is 0.667. The van der Waals surface area contributed by atoms with Crippen LogP contribution in [0.1, 0.15) is 12.5 Å². The molecule has 0 atom stereocenters. The Morgan fingerprint density at radius 2 is 2.00 bits per heavy atom. The highest BCUT2D eigenvalue weighted by Crippen LogP contribution is 2.10. The van der Waals surface area contributed by atoms with E-state index in [4.69, 9.17) is 10.2 Å². The lowest BCUT2D eigenvalue weighted by atomic mass is 10.0. The number of aliphatic hydroxyl groups is 2. The summed E-state index contributed by atoms with van der Waals surface area (Å²) in [4.78, 5) is 0. The fraction of sp³-hybridized carbons (Fsp3) is 0.455. The second-order valence-electron chi connectivity index (χ2n) is 4.01. The van der Waals surface area contributed by atoms with E-state index in [9.17, 15) is 0 Å². The van der Waals surface area contributed by atoms with Gasteiger partial charge in [0.05, 0.1) is 13.2 Å². The quantitative estimate of drug-likeness (QED) is 0.722. The minimum absolute atomic E-state index is 0.0303. The zero-order valence-corrected chi connectivity index (χ0v) is 10.4. The Hall–Kier alpha value is -0.420. The van der Waals surface area contributed by atoms with Crippen molar-refractivity contribution in [1.29, 1.82) is 0 Å². The largest absolute Gasteiger partial charge is 0.390 e. The Labute approximate surface area is 98.3 Å². The van der Waals surface area contributed by atoms with Crippen LogP contribution >= 0.6 is 15.9 Å². The summed E-state index contributed by atoms with van der Waals surface area (Å²) >= 11 is 3.40. The molecule has 0 aliphatic rings. The Bertz CT molecular complexity index is 313. The molecule has 0 radical (unpaired) electrons. The zero-order chi connectivity index (χ0) is 11.3. The molecule has 1 rings (SSSR count). The van der Waals surface area contributed by atoms with Crippen LogP contribution in [0.3, 0.4) is 0 Å². The number of nitrogens with two attached hydrogens (primary N) is 1. The van der Waals surface area contributed by atoms with Gasteiger partial charge in [0.1, 0.15) is 12.1 Å². The highest BCUT2D eigenvalue weighted by atomic mass is 79.9. The van der Waals surface area contributed by atoms with Gasteiger partial charge in [-0.05, 0) is 19.1 Å². The van der Waals surface area contributed by atoms with Crippen molar-refractivity contribution in [3.8, 4) is 0 Å². The van der Waals surface area contributed by atoms with E-state index in [-0.39, 0.29) is 13.2 Å². The van der Waals surface area contributed by atoms with Crippen molar-refractivity contribution >= 4 is 15.9 Å². The van der Waals surface area contributed by atoms with Crippen molar-refractivity contribution in [3.63, 3.8) is 0 Å². The third kappa shape index (κ3) is 3.91. The summed E-state index contributed by atoms with van der Waals surface area (Å²) in [6.07, 6.45) is 0. The van der Waals surface area contributed by atoms with Gasteiger partial charge in [-0.3, -0.25) is 0 Å². The molecule has 0 unspecified atom stereocenters. The SMILES string of the molecule is CC(CO)(CO)[NH2+]Cc1cccc(Br)c1. The molecule has 0 aliphatic heterocycles. The van der Waals surface area contributed by atoms with Crippen molar-refractivity contribution in [1.82, 2.24) is 0 Å². The highest BCUT2D eigenvalue weighted by molar-refractivity contribution is 9.10. The first kappa shape index (κ1) is 12.6. The summed E-state index contributed by atoms with van der Waals surface area (Å²) in [6.45, 7) is 2.52. The maximum absolute atomic E-state index is 9.12. The molecule has 0 heterocycles. The summed E-state index contributed by atoms with van der Waals surface area (Å²) in [7, 11) is 0. The van der Waals surface area contributed by atoms with Crippen molar-refractivity contribution in [3.05, 3.63) is 34.3 Å². The fourth-order valence-corrected chi connectivity index (χ4v) is 1.65. The first-order valence-corrected chi connectivity index (χ1v) is 5.69. The smallest absolute Gasteiger partial charge is 0.140 e. The Kier molecular flexibility index (Phi) is 4.73. The standard InChI is InChI=1S/C11H16BrNO2/c1-11(7-14,8-15)13-6-9-3-2-4-10(12)5-9/h2-5,13-15H,6-8H2,1H3/p+1. The van der Waals surface area contributed by atoms with Gasteiger partial charge >= 0.3 is 0 Å². The van der Waals surface area contributed by atoms with Crippen LogP contribution in [0.2, 0.25) is 0 Å². The molecule has 0 saturated heterocycles. The molecule has 1 aromatic carbocycles. The second-order valence-corrected chi connectivity index (χ2v) is 4.92. The van der Waals surface area contributed by atoms with Gasteiger partial charge in [-0.25, -0.2) is 0 Å². The molecule has 0 aliphatic carbocycles. The minimum atomic E-state index is -0.498. The van der Waals surface area contributed by atoms with Crippen molar-refractivity contribution in [2.45, 2.75) is 19.0 Å². The van der Waals surface area contributed by atoms with Crippen LogP contribution < -0.4 is 5.32 Å². The maximum Gasteiger partial charge on any atom is 0.140 e. The maximum atomic E-state index is 9.12. The van der Waals surface area contributed by atoms with Crippen LogP contribution in [0.4, 0.5) is 0 Å². The summed E-state index contributed by atoms with van der Waals surface area (Å²) < 4.78 is 1.04. The van der Waals surface area contributed by atoms with E-state index in [1.807, 2.05) is 36.5 Å². The summed E-state index contributed by atoms with van der Waals surface area (Å²) in [5.74, 6) is 0. The fourth-order valence-electron chi connectivity index (χ4n) is 1.21. The number of halogens is 1. The van der Waals surface area contributed by atoms with Crippen LogP contribution in [-0.4, -0.2) is 29.0 Å². The van der Waals surface area contributed by atoms with E-state index in [1.54, 1.807) is 0 Å². The molecule has 0 amide bonds. The molecule has 1 aromatic rings. The van der Waals surface area contributed by atoms with Crippen LogP contribution in [0.5, 0.6) is 0 Å². The van der Waals surface area contributed by atoms with Gasteiger partial charge in [0.25, 0.3) is 0 Å². The average Bonchev–Trinajstić information content (AvgIpc) is 2.26. The minimum Gasteiger partial charge on any atom is -0.390 e. The van der Waals surface area contributed by atoms with Gasteiger partial charge in [-0.1, -0.05) is 28.1 Å². The lowest BCUT2D eigenvalue weighted by Gasteiger charge is -2.22. The molecule has 0 saturated carbocycles. The summed E-state index contributed by atoms with van der Waals surface area (Å²) in [5, 5.41) is 20.2. The monoisotopic (exact) mass is 274 g/mol. The molecular formula is C11H17BrNO2+. The van der Waals surface area contributed by atoms with E-state index in [1.165, 1.54) is 0 Å². The van der Waals surface area contributed by atoms with E-state index in [0.29, 0.717) is 0 Å². The number of hydrogen-bond acceptors (Lipinski definition) is 2. The van der Waals surface area contributed by atoms with Crippen LogP contribution in [-0.2, 0) is 6.54 Å². The van der Waals surface area contributed by atoms with Gasteiger partial charge in [-0.2, -0.15) is 0 Å². The van der Waals surface area contributed by atoms with Crippen LogP contribution in [0.15, 0.2) is 28.7 Å².